The predicted molar refractivity (Wildman–Crippen MR) is 78.2 cm³/mol. The maximum absolute atomic E-state index is 11.9. The molecule has 2 aliphatic heterocycles. The zero-order valence-corrected chi connectivity index (χ0v) is 12.3. The first-order valence-electron chi connectivity index (χ1n) is 8.02. The Morgan fingerprint density at radius 1 is 1.26 bits per heavy atom. The summed E-state index contributed by atoms with van der Waals surface area (Å²) in [6.07, 6.45) is 8.49. The average Bonchev–Trinajstić information content (AvgIpc) is 2.46. The van der Waals surface area contributed by atoms with Crippen molar-refractivity contribution in [2.24, 2.45) is 0 Å². The van der Waals surface area contributed by atoms with E-state index in [-0.39, 0.29) is 11.9 Å². The number of hydrogen-bond acceptors (Lipinski definition) is 3. The Hall–Kier alpha value is -0.610. The summed E-state index contributed by atoms with van der Waals surface area (Å²) in [5.41, 5.74) is 0. The van der Waals surface area contributed by atoms with Crippen LogP contribution in [0.25, 0.3) is 0 Å². The van der Waals surface area contributed by atoms with Gasteiger partial charge in [-0.2, -0.15) is 0 Å². The highest BCUT2D eigenvalue weighted by molar-refractivity contribution is 5.81. The Kier molecular flexibility index (Phi) is 6.11. The molecule has 2 fully saturated rings. The molecule has 0 bridgehead atoms. The van der Waals surface area contributed by atoms with Crippen LogP contribution in [0.2, 0.25) is 0 Å². The molecule has 19 heavy (non-hydrogen) atoms. The zero-order chi connectivity index (χ0) is 13.5. The molecule has 0 radical (unpaired) electrons. The molecule has 0 aromatic carbocycles. The molecule has 2 saturated heterocycles. The molecule has 2 rings (SSSR count). The van der Waals surface area contributed by atoms with Gasteiger partial charge >= 0.3 is 0 Å². The van der Waals surface area contributed by atoms with E-state index in [4.69, 9.17) is 0 Å². The van der Waals surface area contributed by atoms with E-state index in [1.165, 1.54) is 38.6 Å². The summed E-state index contributed by atoms with van der Waals surface area (Å²) in [6, 6.07) is 0.784. The Morgan fingerprint density at radius 3 is 2.84 bits per heavy atom. The molecule has 1 amide bonds. The monoisotopic (exact) mass is 267 g/mol. The highest BCUT2D eigenvalue weighted by Crippen LogP contribution is 2.16. The van der Waals surface area contributed by atoms with Gasteiger partial charge in [0.2, 0.25) is 5.91 Å². The fraction of sp³-hybridized carbons (Fsp3) is 0.933. The predicted octanol–water partition coefficient (Wildman–Crippen LogP) is 1.51. The van der Waals surface area contributed by atoms with Crippen LogP contribution in [0, 0.1) is 0 Å². The molecule has 110 valence electrons. The minimum Gasteiger partial charge on any atom is -0.355 e. The first-order chi connectivity index (χ1) is 9.27. The first kappa shape index (κ1) is 14.8. The lowest BCUT2D eigenvalue weighted by atomic mass is 10.0. The van der Waals surface area contributed by atoms with Gasteiger partial charge in [-0.05, 0) is 52.1 Å². The van der Waals surface area contributed by atoms with Gasteiger partial charge in [-0.1, -0.05) is 12.8 Å². The third-order valence-electron chi connectivity index (χ3n) is 4.49. The number of nitrogens with one attached hydrogen (secondary N) is 2. The van der Waals surface area contributed by atoms with Crippen LogP contribution < -0.4 is 10.6 Å². The fourth-order valence-corrected chi connectivity index (χ4v) is 3.18. The van der Waals surface area contributed by atoms with Crippen LogP contribution in [0.5, 0.6) is 0 Å². The zero-order valence-electron chi connectivity index (χ0n) is 12.3. The van der Waals surface area contributed by atoms with E-state index in [0.29, 0.717) is 0 Å². The molecule has 1 unspecified atom stereocenters. The third kappa shape index (κ3) is 4.77. The maximum atomic E-state index is 11.9. The van der Waals surface area contributed by atoms with Crippen LogP contribution in [0.3, 0.4) is 0 Å². The van der Waals surface area contributed by atoms with Crippen molar-refractivity contribution in [3.8, 4) is 0 Å². The summed E-state index contributed by atoms with van der Waals surface area (Å²) in [5.74, 6) is 0.200. The Bertz CT molecular complexity index is 277. The summed E-state index contributed by atoms with van der Waals surface area (Å²) in [6.45, 7) is 6.49. The molecule has 0 saturated carbocycles. The number of carbonyl (C=O) groups excluding carboxylic acids is 1. The van der Waals surface area contributed by atoms with E-state index in [9.17, 15) is 4.79 Å². The molecule has 4 nitrogen and oxygen atoms in total. The fourth-order valence-electron chi connectivity index (χ4n) is 3.18. The van der Waals surface area contributed by atoms with Crippen LogP contribution in [-0.2, 0) is 4.79 Å². The SMILES string of the molecule is CC1CCCCN1CCCNC(=O)[C@H]1CCCCN1. The van der Waals surface area contributed by atoms with Crippen molar-refractivity contribution in [1.82, 2.24) is 15.5 Å². The van der Waals surface area contributed by atoms with Gasteiger partial charge in [0.1, 0.15) is 0 Å². The standard InChI is InChI=1S/C15H29N3O/c1-13-7-3-5-11-18(13)12-6-10-17-15(19)14-8-2-4-9-16-14/h13-14,16H,2-12H2,1H3,(H,17,19)/t13?,14-/m1/s1. The van der Waals surface area contributed by atoms with E-state index in [1.807, 2.05) is 0 Å². The van der Waals surface area contributed by atoms with Crippen LogP contribution >= 0.6 is 0 Å². The van der Waals surface area contributed by atoms with E-state index < -0.39 is 0 Å². The largest absolute Gasteiger partial charge is 0.355 e. The number of likely N-dealkylation sites (tertiary alicyclic amines) is 1. The van der Waals surface area contributed by atoms with Crippen molar-refractivity contribution in [3.05, 3.63) is 0 Å². The van der Waals surface area contributed by atoms with Crippen molar-refractivity contribution in [3.63, 3.8) is 0 Å². The molecule has 4 heteroatoms. The molecular formula is C15H29N3O. The number of nitrogens with zero attached hydrogens (tertiary/aromatic N) is 1. The van der Waals surface area contributed by atoms with Gasteiger partial charge in [-0.25, -0.2) is 0 Å². The highest BCUT2D eigenvalue weighted by atomic mass is 16.2. The number of carbonyl (C=O) groups is 1. The van der Waals surface area contributed by atoms with Crippen molar-refractivity contribution in [1.29, 1.82) is 0 Å². The lowest BCUT2D eigenvalue weighted by Gasteiger charge is -2.33. The summed E-state index contributed by atoms with van der Waals surface area (Å²) in [7, 11) is 0. The van der Waals surface area contributed by atoms with Crippen molar-refractivity contribution in [2.75, 3.05) is 26.2 Å². The van der Waals surface area contributed by atoms with Gasteiger partial charge in [0.05, 0.1) is 6.04 Å². The summed E-state index contributed by atoms with van der Waals surface area (Å²) in [4.78, 5) is 14.5. The third-order valence-corrected chi connectivity index (χ3v) is 4.49. The van der Waals surface area contributed by atoms with Crippen LogP contribution in [0.4, 0.5) is 0 Å². The van der Waals surface area contributed by atoms with Crippen molar-refractivity contribution < 1.29 is 4.79 Å². The molecule has 2 aliphatic rings. The molecule has 2 atom stereocenters. The lowest BCUT2D eigenvalue weighted by Crippen LogP contribution is -2.47. The molecule has 2 heterocycles. The van der Waals surface area contributed by atoms with Gasteiger partial charge in [0.15, 0.2) is 0 Å². The second-order valence-electron chi connectivity index (χ2n) is 6.03. The number of piperidine rings is 2. The smallest absolute Gasteiger partial charge is 0.237 e. The molecular weight excluding hydrogens is 238 g/mol. The summed E-state index contributed by atoms with van der Waals surface area (Å²) < 4.78 is 0. The maximum Gasteiger partial charge on any atom is 0.237 e. The van der Waals surface area contributed by atoms with Gasteiger partial charge in [0.25, 0.3) is 0 Å². The van der Waals surface area contributed by atoms with Crippen LogP contribution in [0.15, 0.2) is 0 Å². The number of rotatable bonds is 5. The Balaban J connectivity index is 1.56. The molecule has 0 spiro atoms. The van der Waals surface area contributed by atoms with Crippen molar-refractivity contribution in [2.45, 2.75) is 64.0 Å². The van der Waals surface area contributed by atoms with Gasteiger partial charge in [-0.15, -0.1) is 0 Å². The van der Waals surface area contributed by atoms with Crippen LogP contribution in [-0.4, -0.2) is 49.1 Å². The number of amides is 1. The topological polar surface area (TPSA) is 44.4 Å². The quantitative estimate of drug-likeness (QED) is 0.742. The second-order valence-corrected chi connectivity index (χ2v) is 6.03. The average molecular weight is 267 g/mol. The van der Waals surface area contributed by atoms with E-state index >= 15 is 0 Å². The van der Waals surface area contributed by atoms with Gasteiger partial charge < -0.3 is 15.5 Å². The Morgan fingerprint density at radius 2 is 2.11 bits per heavy atom. The van der Waals surface area contributed by atoms with Gasteiger partial charge in [-0.3, -0.25) is 4.79 Å². The minimum absolute atomic E-state index is 0.0580. The van der Waals surface area contributed by atoms with Crippen LogP contribution in [0.1, 0.15) is 51.9 Å². The highest BCUT2D eigenvalue weighted by Gasteiger charge is 2.20. The minimum atomic E-state index is 0.0580. The molecule has 2 N–H and O–H groups in total. The van der Waals surface area contributed by atoms with Crippen molar-refractivity contribution >= 4 is 5.91 Å². The summed E-state index contributed by atoms with van der Waals surface area (Å²) in [5, 5.41) is 6.37. The second kappa shape index (κ2) is 7.85. The molecule has 0 aliphatic carbocycles. The lowest BCUT2D eigenvalue weighted by molar-refractivity contribution is -0.123. The van der Waals surface area contributed by atoms with E-state index in [1.54, 1.807) is 0 Å². The first-order valence-corrected chi connectivity index (χ1v) is 8.02. The summed E-state index contributed by atoms with van der Waals surface area (Å²) >= 11 is 0. The number of hydrogen-bond donors (Lipinski definition) is 2. The van der Waals surface area contributed by atoms with E-state index in [0.717, 1.165) is 38.5 Å². The van der Waals surface area contributed by atoms with E-state index in [2.05, 4.69) is 22.5 Å². The Labute approximate surface area is 117 Å². The van der Waals surface area contributed by atoms with Gasteiger partial charge in [0, 0.05) is 19.1 Å². The normalized spacial score (nSPS) is 29.1. The molecule has 0 aromatic heterocycles. The molecule has 0 aromatic rings.